The summed E-state index contributed by atoms with van der Waals surface area (Å²) in [4.78, 5) is 22.7. The van der Waals surface area contributed by atoms with Gasteiger partial charge in [-0.05, 0) is 42.7 Å². The lowest BCUT2D eigenvalue weighted by Gasteiger charge is -2.19. The van der Waals surface area contributed by atoms with E-state index in [0.717, 1.165) is 4.47 Å². The minimum atomic E-state index is -1.26. The maximum absolute atomic E-state index is 11.8. The van der Waals surface area contributed by atoms with E-state index in [-0.39, 0.29) is 0 Å². The number of nitrogens with one attached hydrogen (secondary N) is 1. The lowest BCUT2D eigenvalue weighted by Crippen LogP contribution is -2.48. The molecule has 1 atom stereocenters. The second-order valence-corrected chi connectivity index (χ2v) is 5.53. The van der Waals surface area contributed by atoms with E-state index in [0.29, 0.717) is 17.7 Å². The molecule has 0 saturated carbocycles. The third-order valence-corrected chi connectivity index (χ3v) is 3.48. The first-order valence-electron chi connectivity index (χ1n) is 5.31. The number of carbonyl (C=O) groups excluding carboxylic acids is 2. The molecule has 0 aliphatic carbocycles. The van der Waals surface area contributed by atoms with E-state index >= 15 is 0 Å². The van der Waals surface area contributed by atoms with Crippen LogP contribution in [-0.2, 0) is 4.79 Å². The fraction of sp³-hybridized carbons (Fsp3) is 0.333. The van der Waals surface area contributed by atoms with E-state index in [1.165, 1.54) is 11.8 Å². The molecule has 0 radical (unpaired) electrons. The Morgan fingerprint density at radius 3 is 2.50 bits per heavy atom. The number of hydrogen-bond donors (Lipinski definition) is 1. The van der Waals surface area contributed by atoms with Gasteiger partial charge in [0.25, 0.3) is 5.91 Å². The summed E-state index contributed by atoms with van der Waals surface area (Å²) in [6.45, 7) is 0. The molecule has 0 spiro atoms. The Morgan fingerprint density at radius 1 is 1.39 bits per heavy atom. The first-order chi connectivity index (χ1) is 8.54. The average molecular weight is 331 g/mol. The summed E-state index contributed by atoms with van der Waals surface area (Å²) in [5, 5.41) is 13.3. The molecule has 0 aliphatic heterocycles. The lowest BCUT2D eigenvalue weighted by atomic mass is 10.1. The van der Waals surface area contributed by atoms with Crippen LogP contribution < -0.4 is 10.4 Å². The number of carboxylic acid groups (broad SMARTS) is 1. The van der Waals surface area contributed by atoms with Crippen molar-refractivity contribution in [1.29, 1.82) is 0 Å². The fourth-order valence-corrected chi connectivity index (χ4v) is 2.06. The van der Waals surface area contributed by atoms with Gasteiger partial charge in [-0.1, -0.05) is 15.9 Å². The van der Waals surface area contributed by atoms with Crippen molar-refractivity contribution >= 4 is 39.6 Å². The number of thioether (sulfide) groups is 1. The van der Waals surface area contributed by atoms with Crippen molar-refractivity contribution in [3.63, 3.8) is 0 Å². The van der Waals surface area contributed by atoms with Crippen LogP contribution in [0.25, 0.3) is 0 Å². The van der Waals surface area contributed by atoms with Crippen LogP contribution >= 0.6 is 27.7 Å². The van der Waals surface area contributed by atoms with E-state index in [2.05, 4.69) is 21.2 Å². The Morgan fingerprint density at radius 2 is 2.00 bits per heavy atom. The predicted octanol–water partition coefficient (Wildman–Crippen LogP) is 1.05. The van der Waals surface area contributed by atoms with Gasteiger partial charge < -0.3 is 15.2 Å². The largest absolute Gasteiger partial charge is 0.548 e. The van der Waals surface area contributed by atoms with Crippen molar-refractivity contribution in [1.82, 2.24) is 5.32 Å². The number of hydrogen-bond acceptors (Lipinski definition) is 4. The number of halogens is 1. The van der Waals surface area contributed by atoms with Crippen molar-refractivity contribution in [2.24, 2.45) is 0 Å². The van der Waals surface area contributed by atoms with Crippen LogP contribution in [0.2, 0.25) is 0 Å². The number of carbonyl (C=O) groups is 2. The highest BCUT2D eigenvalue weighted by molar-refractivity contribution is 9.10. The minimum absolute atomic E-state index is 0.353. The summed E-state index contributed by atoms with van der Waals surface area (Å²) in [7, 11) is 0. The van der Waals surface area contributed by atoms with Gasteiger partial charge in [-0.3, -0.25) is 4.79 Å². The van der Waals surface area contributed by atoms with Gasteiger partial charge in [-0.2, -0.15) is 11.8 Å². The molecule has 1 aromatic rings. The Hall–Kier alpha value is -1.01. The highest BCUT2D eigenvalue weighted by Crippen LogP contribution is 2.11. The van der Waals surface area contributed by atoms with Gasteiger partial charge in [0.15, 0.2) is 0 Å². The maximum atomic E-state index is 11.8. The number of rotatable bonds is 6. The maximum Gasteiger partial charge on any atom is 0.251 e. The molecule has 0 saturated heterocycles. The van der Waals surface area contributed by atoms with E-state index in [1.54, 1.807) is 24.3 Å². The van der Waals surface area contributed by atoms with Crippen LogP contribution in [0, 0.1) is 0 Å². The van der Waals surface area contributed by atoms with Gasteiger partial charge in [0, 0.05) is 10.0 Å². The molecular formula is C12H13BrNO3S-. The Balaban J connectivity index is 2.66. The lowest BCUT2D eigenvalue weighted by molar-refractivity contribution is -0.308. The minimum Gasteiger partial charge on any atom is -0.548 e. The Bertz CT molecular complexity index is 422. The zero-order valence-electron chi connectivity index (χ0n) is 9.81. The first-order valence-corrected chi connectivity index (χ1v) is 7.49. The van der Waals surface area contributed by atoms with Crippen molar-refractivity contribution in [3.05, 3.63) is 34.3 Å². The van der Waals surface area contributed by atoms with Gasteiger partial charge in [0.1, 0.15) is 0 Å². The van der Waals surface area contributed by atoms with E-state index < -0.39 is 17.9 Å². The zero-order valence-corrected chi connectivity index (χ0v) is 12.2. The van der Waals surface area contributed by atoms with E-state index in [9.17, 15) is 14.7 Å². The molecule has 1 N–H and O–H groups in total. The van der Waals surface area contributed by atoms with E-state index in [4.69, 9.17) is 0 Å². The number of benzene rings is 1. The molecule has 1 rings (SSSR count). The van der Waals surface area contributed by atoms with Gasteiger partial charge in [0.2, 0.25) is 0 Å². The fourth-order valence-electron chi connectivity index (χ4n) is 1.33. The van der Waals surface area contributed by atoms with Gasteiger partial charge in [-0.25, -0.2) is 0 Å². The summed E-state index contributed by atoms with van der Waals surface area (Å²) >= 11 is 4.79. The highest BCUT2D eigenvalue weighted by Gasteiger charge is 2.14. The third-order valence-electron chi connectivity index (χ3n) is 2.31. The molecule has 0 bridgehead atoms. The second-order valence-electron chi connectivity index (χ2n) is 3.63. The normalized spacial score (nSPS) is 11.9. The van der Waals surface area contributed by atoms with Crippen molar-refractivity contribution in [2.45, 2.75) is 12.5 Å². The molecule has 0 fully saturated rings. The molecule has 18 heavy (non-hydrogen) atoms. The third kappa shape index (κ3) is 4.70. The monoisotopic (exact) mass is 330 g/mol. The molecule has 98 valence electrons. The summed E-state index contributed by atoms with van der Waals surface area (Å²) in [6, 6.07) is 5.75. The molecule has 1 aromatic carbocycles. The Labute approximate surface area is 118 Å². The summed E-state index contributed by atoms with van der Waals surface area (Å²) in [6.07, 6.45) is 2.23. The van der Waals surface area contributed by atoms with Gasteiger partial charge >= 0.3 is 0 Å². The smallest absolute Gasteiger partial charge is 0.251 e. The molecule has 0 unspecified atom stereocenters. The second kappa shape index (κ2) is 7.43. The SMILES string of the molecule is CSCC[C@@H](NC(=O)c1ccc(Br)cc1)C(=O)[O-]. The summed E-state index contributed by atoms with van der Waals surface area (Å²) in [5.74, 6) is -1.01. The molecule has 6 heteroatoms. The first kappa shape index (κ1) is 15.0. The number of amides is 1. The van der Waals surface area contributed by atoms with Crippen molar-refractivity contribution in [2.75, 3.05) is 12.0 Å². The zero-order chi connectivity index (χ0) is 13.5. The van der Waals surface area contributed by atoms with Crippen LogP contribution in [0.1, 0.15) is 16.8 Å². The van der Waals surface area contributed by atoms with Crippen LogP contribution in [0.3, 0.4) is 0 Å². The molecule has 0 heterocycles. The van der Waals surface area contributed by atoms with Crippen LogP contribution in [-0.4, -0.2) is 29.9 Å². The quantitative estimate of drug-likeness (QED) is 0.846. The van der Waals surface area contributed by atoms with Gasteiger partial charge in [0.05, 0.1) is 12.0 Å². The summed E-state index contributed by atoms with van der Waals surface area (Å²) in [5.41, 5.74) is 0.425. The molecule has 4 nitrogen and oxygen atoms in total. The van der Waals surface area contributed by atoms with Crippen LogP contribution in [0.5, 0.6) is 0 Å². The number of carboxylic acids is 1. The van der Waals surface area contributed by atoms with Crippen LogP contribution in [0.4, 0.5) is 0 Å². The van der Waals surface area contributed by atoms with Crippen molar-refractivity contribution < 1.29 is 14.7 Å². The molecule has 0 aliphatic rings. The topological polar surface area (TPSA) is 69.2 Å². The highest BCUT2D eigenvalue weighted by atomic mass is 79.9. The summed E-state index contributed by atoms with van der Waals surface area (Å²) < 4.78 is 0.859. The molecule has 1 amide bonds. The Kier molecular flexibility index (Phi) is 6.21. The standard InChI is InChI=1S/C12H14BrNO3S/c1-18-7-6-10(12(16)17)14-11(15)8-2-4-9(13)5-3-8/h2-5,10H,6-7H2,1H3,(H,14,15)(H,16,17)/p-1/t10-/m1/s1. The molecular weight excluding hydrogens is 318 g/mol. The van der Waals surface area contributed by atoms with E-state index in [1.807, 2.05) is 6.26 Å². The number of aliphatic carboxylic acids is 1. The molecule has 0 aromatic heterocycles. The van der Waals surface area contributed by atoms with Gasteiger partial charge in [-0.15, -0.1) is 0 Å². The van der Waals surface area contributed by atoms with Crippen LogP contribution in [0.15, 0.2) is 28.7 Å². The van der Waals surface area contributed by atoms with Crippen molar-refractivity contribution in [3.8, 4) is 0 Å². The average Bonchev–Trinajstić information content (AvgIpc) is 2.34. The predicted molar refractivity (Wildman–Crippen MR) is 73.4 cm³/mol.